The number of nitrogens with one attached hydrogen (secondary N) is 1. The maximum absolute atomic E-state index is 8.94. The molecule has 3 nitrogen and oxygen atoms in total. The number of hydrogen-bond donors (Lipinski definition) is 1. The highest BCUT2D eigenvalue weighted by Gasteiger charge is 2.05. The van der Waals surface area contributed by atoms with Gasteiger partial charge in [-0.3, -0.25) is 0 Å². The third-order valence-corrected chi connectivity index (χ3v) is 3.35. The lowest BCUT2D eigenvalue weighted by Crippen LogP contribution is -2.01. The smallest absolute Gasteiger partial charge is 0.136 e. The molecule has 0 aliphatic rings. The second-order valence-electron chi connectivity index (χ2n) is 4.12. The van der Waals surface area contributed by atoms with E-state index in [2.05, 4.69) is 11.4 Å². The SMILES string of the molecule is COc1cc(CNc2ccc(Cl)cc2Cl)ccc1C#N. The Morgan fingerprint density at radius 3 is 2.65 bits per heavy atom. The molecule has 0 saturated heterocycles. The van der Waals surface area contributed by atoms with E-state index in [4.69, 9.17) is 33.2 Å². The fraction of sp³-hybridized carbons (Fsp3) is 0.133. The molecule has 0 aliphatic carbocycles. The van der Waals surface area contributed by atoms with E-state index in [1.807, 2.05) is 18.2 Å². The van der Waals surface area contributed by atoms with Gasteiger partial charge in [0.15, 0.2) is 0 Å². The molecule has 2 rings (SSSR count). The van der Waals surface area contributed by atoms with Crippen molar-refractivity contribution in [1.29, 1.82) is 5.26 Å². The molecule has 1 N–H and O–H groups in total. The van der Waals surface area contributed by atoms with E-state index in [9.17, 15) is 0 Å². The Labute approximate surface area is 127 Å². The number of hydrogen-bond acceptors (Lipinski definition) is 3. The summed E-state index contributed by atoms with van der Waals surface area (Å²) in [5.41, 5.74) is 2.31. The largest absolute Gasteiger partial charge is 0.495 e. The van der Waals surface area contributed by atoms with Crippen LogP contribution in [0.15, 0.2) is 36.4 Å². The van der Waals surface area contributed by atoms with Crippen molar-refractivity contribution in [2.75, 3.05) is 12.4 Å². The number of halogens is 2. The van der Waals surface area contributed by atoms with Crippen LogP contribution in [-0.2, 0) is 6.54 Å². The van der Waals surface area contributed by atoms with Gasteiger partial charge < -0.3 is 10.1 Å². The van der Waals surface area contributed by atoms with Gasteiger partial charge in [-0.15, -0.1) is 0 Å². The van der Waals surface area contributed by atoms with Crippen LogP contribution in [0.2, 0.25) is 10.0 Å². The topological polar surface area (TPSA) is 45.0 Å². The molecular weight excluding hydrogens is 295 g/mol. The quantitative estimate of drug-likeness (QED) is 0.905. The van der Waals surface area contributed by atoms with Crippen LogP contribution in [0.4, 0.5) is 5.69 Å². The van der Waals surface area contributed by atoms with E-state index in [0.717, 1.165) is 11.3 Å². The zero-order valence-electron chi connectivity index (χ0n) is 10.8. The molecular formula is C15H12Cl2N2O. The van der Waals surface area contributed by atoms with Gasteiger partial charge in [-0.2, -0.15) is 5.26 Å². The molecule has 0 radical (unpaired) electrons. The number of methoxy groups -OCH3 is 1. The lowest BCUT2D eigenvalue weighted by atomic mass is 10.1. The van der Waals surface area contributed by atoms with Crippen molar-refractivity contribution in [3.63, 3.8) is 0 Å². The molecule has 0 aliphatic heterocycles. The van der Waals surface area contributed by atoms with Crippen molar-refractivity contribution in [3.05, 3.63) is 57.6 Å². The molecule has 0 spiro atoms. The Morgan fingerprint density at radius 2 is 2.00 bits per heavy atom. The van der Waals surface area contributed by atoms with Crippen LogP contribution < -0.4 is 10.1 Å². The molecule has 0 aromatic heterocycles. The molecule has 2 aromatic carbocycles. The summed E-state index contributed by atoms with van der Waals surface area (Å²) in [5.74, 6) is 0.564. The van der Waals surface area contributed by atoms with Gasteiger partial charge in [0.1, 0.15) is 11.8 Å². The van der Waals surface area contributed by atoms with E-state index >= 15 is 0 Å². The first kappa shape index (κ1) is 14.5. The predicted molar refractivity (Wildman–Crippen MR) is 81.5 cm³/mol. The first-order valence-electron chi connectivity index (χ1n) is 5.90. The number of nitrogens with zero attached hydrogens (tertiary/aromatic N) is 1. The minimum absolute atomic E-state index is 0.515. The summed E-state index contributed by atoms with van der Waals surface area (Å²) >= 11 is 11.9. The second-order valence-corrected chi connectivity index (χ2v) is 4.97. The predicted octanol–water partition coefficient (Wildman–Crippen LogP) is 4.49. The highest BCUT2D eigenvalue weighted by Crippen LogP contribution is 2.26. The average Bonchev–Trinajstić information content (AvgIpc) is 2.46. The van der Waals surface area contributed by atoms with E-state index in [1.54, 1.807) is 25.3 Å². The summed E-state index contributed by atoms with van der Waals surface area (Å²) in [6.45, 7) is 0.573. The Hall–Kier alpha value is -1.89. The lowest BCUT2D eigenvalue weighted by Gasteiger charge is -2.10. The molecule has 5 heteroatoms. The van der Waals surface area contributed by atoms with Gasteiger partial charge in [0.25, 0.3) is 0 Å². The average molecular weight is 307 g/mol. The Bertz CT molecular complexity index is 665. The van der Waals surface area contributed by atoms with Gasteiger partial charge in [-0.05, 0) is 35.9 Å². The molecule has 0 fully saturated rings. The standard InChI is InChI=1S/C15H12Cl2N2O/c1-20-15-6-10(2-3-11(15)8-18)9-19-14-5-4-12(16)7-13(14)17/h2-7,19H,9H2,1H3. The summed E-state index contributed by atoms with van der Waals surface area (Å²) < 4.78 is 5.17. The summed E-state index contributed by atoms with van der Waals surface area (Å²) in [7, 11) is 1.55. The molecule has 0 saturated carbocycles. The van der Waals surface area contributed by atoms with Crippen LogP contribution >= 0.6 is 23.2 Å². The number of nitriles is 1. The normalized spacial score (nSPS) is 9.90. The maximum Gasteiger partial charge on any atom is 0.136 e. The van der Waals surface area contributed by atoms with E-state index in [1.165, 1.54) is 0 Å². The van der Waals surface area contributed by atoms with Crippen LogP contribution in [-0.4, -0.2) is 7.11 Å². The number of rotatable bonds is 4. The number of ether oxygens (including phenoxy) is 1. The molecule has 0 amide bonds. The fourth-order valence-electron chi connectivity index (χ4n) is 1.77. The summed E-state index contributed by atoms with van der Waals surface area (Å²) in [6, 6.07) is 12.8. The highest BCUT2D eigenvalue weighted by molar-refractivity contribution is 6.36. The molecule has 0 bridgehead atoms. The Balaban J connectivity index is 2.13. The molecule has 20 heavy (non-hydrogen) atoms. The minimum atomic E-state index is 0.515. The van der Waals surface area contributed by atoms with Crippen LogP contribution in [0, 0.1) is 11.3 Å². The first-order valence-corrected chi connectivity index (χ1v) is 6.65. The summed E-state index contributed by atoms with van der Waals surface area (Å²) in [4.78, 5) is 0. The van der Waals surface area contributed by atoms with Crippen molar-refractivity contribution in [1.82, 2.24) is 0 Å². The minimum Gasteiger partial charge on any atom is -0.495 e. The molecule has 0 heterocycles. The van der Waals surface area contributed by atoms with Crippen LogP contribution in [0.3, 0.4) is 0 Å². The second kappa shape index (κ2) is 6.51. The van der Waals surface area contributed by atoms with Crippen LogP contribution in [0.5, 0.6) is 5.75 Å². The zero-order chi connectivity index (χ0) is 14.5. The van der Waals surface area contributed by atoms with E-state index in [0.29, 0.717) is 27.9 Å². The highest BCUT2D eigenvalue weighted by atomic mass is 35.5. The monoisotopic (exact) mass is 306 g/mol. The first-order chi connectivity index (χ1) is 9.63. The lowest BCUT2D eigenvalue weighted by molar-refractivity contribution is 0.413. The van der Waals surface area contributed by atoms with Gasteiger partial charge in [0.2, 0.25) is 0 Å². The fourth-order valence-corrected chi connectivity index (χ4v) is 2.24. The van der Waals surface area contributed by atoms with E-state index < -0.39 is 0 Å². The van der Waals surface area contributed by atoms with Gasteiger partial charge in [-0.1, -0.05) is 29.3 Å². The molecule has 2 aromatic rings. The third-order valence-electron chi connectivity index (χ3n) is 2.80. The number of benzene rings is 2. The van der Waals surface area contributed by atoms with Crippen LogP contribution in [0.25, 0.3) is 0 Å². The zero-order valence-corrected chi connectivity index (χ0v) is 12.3. The van der Waals surface area contributed by atoms with Crippen molar-refractivity contribution in [3.8, 4) is 11.8 Å². The van der Waals surface area contributed by atoms with Gasteiger partial charge >= 0.3 is 0 Å². The summed E-state index contributed by atoms with van der Waals surface area (Å²) in [5, 5.41) is 13.3. The van der Waals surface area contributed by atoms with Crippen molar-refractivity contribution in [2.45, 2.75) is 6.54 Å². The van der Waals surface area contributed by atoms with Crippen molar-refractivity contribution < 1.29 is 4.74 Å². The maximum atomic E-state index is 8.94. The van der Waals surface area contributed by atoms with Crippen molar-refractivity contribution in [2.24, 2.45) is 0 Å². The van der Waals surface area contributed by atoms with Crippen molar-refractivity contribution >= 4 is 28.9 Å². The number of anilines is 1. The molecule has 102 valence electrons. The van der Waals surface area contributed by atoms with Gasteiger partial charge in [0, 0.05) is 11.6 Å². The van der Waals surface area contributed by atoms with Gasteiger partial charge in [-0.25, -0.2) is 0 Å². The van der Waals surface area contributed by atoms with E-state index in [-0.39, 0.29) is 0 Å². The van der Waals surface area contributed by atoms with Crippen LogP contribution in [0.1, 0.15) is 11.1 Å². The van der Waals surface area contributed by atoms with Gasteiger partial charge in [0.05, 0.1) is 23.4 Å². The summed E-state index contributed by atoms with van der Waals surface area (Å²) in [6.07, 6.45) is 0. The Morgan fingerprint density at radius 1 is 1.20 bits per heavy atom. The Kier molecular flexibility index (Phi) is 4.73. The third kappa shape index (κ3) is 3.36. The molecule has 0 atom stereocenters. The molecule has 0 unspecified atom stereocenters.